The lowest BCUT2D eigenvalue weighted by molar-refractivity contribution is -0.126. The molecule has 1 saturated carbocycles. The Kier molecular flexibility index (Phi) is 6.04. The highest BCUT2D eigenvalue weighted by atomic mass is 16.2. The van der Waals surface area contributed by atoms with E-state index in [1.807, 2.05) is 28.8 Å². The van der Waals surface area contributed by atoms with Crippen LogP contribution in [-0.2, 0) is 16.1 Å². The number of nitrogens with one attached hydrogen (secondary N) is 2. The van der Waals surface area contributed by atoms with Crippen molar-refractivity contribution in [3.05, 3.63) is 30.6 Å². The zero-order chi connectivity index (χ0) is 17.5. The Balaban J connectivity index is 1.34. The maximum Gasteiger partial charge on any atom is 0.239 e. The second-order valence-corrected chi connectivity index (χ2v) is 6.76. The van der Waals surface area contributed by atoms with Gasteiger partial charge in [0.15, 0.2) is 0 Å². The second kappa shape index (κ2) is 8.65. The first-order valence-corrected chi connectivity index (χ1v) is 9.15. The maximum absolute atomic E-state index is 11.9. The van der Waals surface area contributed by atoms with Crippen molar-refractivity contribution in [1.82, 2.24) is 20.2 Å². The Morgan fingerprint density at radius 2 is 1.88 bits per heavy atom. The molecular formula is C19H26N4O2. The molecule has 1 fully saturated rings. The molecule has 3 rings (SSSR count). The number of hydrogen-bond donors (Lipinski definition) is 2. The molecule has 2 N–H and O–H groups in total. The first kappa shape index (κ1) is 17.5. The van der Waals surface area contributed by atoms with E-state index < -0.39 is 0 Å². The molecule has 0 radical (unpaired) electrons. The molecule has 1 aromatic heterocycles. The Hall–Kier alpha value is -2.37. The number of amides is 2. The SMILES string of the molecule is O=C(CNC(=O)CC1CCCCC1)NCCn1cnc2ccccc21. The molecule has 1 heterocycles. The van der Waals surface area contributed by atoms with Crippen molar-refractivity contribution in [1.29, 1.82) is 0 Å². The van der Waals surface area contributed by atoms with Crippen molar-refractivity contribution in [3.63, 3.8) is 0 Å². The van der Waals surface area contributed by atoms with Gasteiger partial charge in [-0.1, -0.05) is 31.4 Å². The minimum Gasteiger partial charge on any atom is -0.353 e. The highest BCUT2D eigenvalue weighted by Crippen LogP contribution is 2.25. The zero-order valence-electron chi connectivity index (χ0n) is 14.5. The molecule has 0 saturated heterocycles. The fraction of sp³-hybridized carbons (Fsp3) is 0.526. The van der Waals surface area contributed by atoms with E-state index in [1.54, 1.807) is 6.33 Å². The number of fused-ring (bicyclic) bond motifs is 1. The van der Waals surface area contributed by atoms with E-state index in [9.17, 15) is 9.59 Å². The predicted molar refractivity (Wildman–Crippen MR) is 96.9 cm³/mol. The number of benzene rings is 1. The summed E-state index contributed by atoms with van der Waals surface area (Å²) >= 11 is 0. The average molecular weight is 342 g/mol. The Morgan fingerprint density at radius 1 is 1.08 bits per heavy atom. The number of rotatable bonds is 7. The van der Waals surface area contributed by atoms with E-state index >= 15 is 0 Å². The molecule has 6 nitrogen and oxygen atoms in total. The molecule has 1 aliphatic rings. The molecule has 0 spiro atoms. The van der Waals surface area contributed by atoms with Gasteiger partial charge in [0.1, 0.15) is 0 Å². The van der Waals surface area contributed by atoms with Gasteiger partial charge in [0.05, 0.1) is 23.9 Å². The van der Waals surface area contributed by atoms with Crippen molar-refractivity contribution < 1.29 is 9.59 Å². The number of carbonyl (C=O) groups is 2. The topological polar surface area (TPSA) is 76.0 Å². The van der Waals surface area contributed by atoms with Crippen LogP contribution in [0.25, 0.3) is 11.0 Å². The summed E-state index contributed by atoms with van der Waals surface area (Å²) in [5.74, 6) is 0.329. The number of para-hydroxylation sites is 2. The minimum atomic E-state index is -0.151. The van der Waals surface area contributed by atoms with Gasteiger partial charge in [-0.15, -0.1) is 0 Å². The lowest BCUT2D eigenvalue weighted by Crippen LogP contribution is -2.38. The molecule has 6 heteroatoms. The summed E-state index contributed by atoms with van der Waals surface area (Å²) in [6.07, 6.45) is 8.34. The summed E-state index contributed by atoms with van der Waals surface area (Å²) in [6, 6.07) is 7.90. The van der Waals surface area contributed by atoms with E-state index in [0.29, 0.717) is 25.4 Å². The molecule has 0 aliphatic heterocycles. The predicted octanol–water partition coefficient (Wildman–Crippen LogP) is 2.24. The van der Waals surface area contributed by atoms with E-state index in [2.05, 4.69) is 15.6 Å². The first-order chi connectivity index (χ1) is 12.2. The van der Waals surface area contributed by atoms with Crippen molar-refractivity contribution >= 4 is 22.8 Å². The molecule has 134 valence electrons. The summed E-state index contributed by atoms with van der Waals surface area (Å²) in [5, 5.41) is 5.58. The third kappa shape index (κ3) is 5.05. The lowest BCUT2D eigenvalue weighted by atomic mass is 9.87. The fourth-order valence-corrected chi connectivity index (χ4v) is 3.47. The third-order valence-corrected chi connectivity index (χ3v) is 4.85. The number of carbonyl (C=O) groups excluding carboxylic acids is 2. The van der Waals surface area contributed by atoms with E-state index in [0.717, 1.165) is 23.9 Å². The van der Waals surface area contributed by atoms with E-state index in [1.165, 1.54) is 19.3 Å². The van der Waals surface area contributed by atoms with Crippen LogP contribution in [0.4, 0.5) is 0 Å². The van der Waals surface area contributed by atoms with Crippen molar-refractivity contribution in [2.24, 2.45) is 5.92 Å². The van der Waals surface area contributed by atoms with Crippen LogP contribution in [0.3, 0.4) is 0 Å². The Morgan fingerprint density at radius 3 is 2.72 bits per heavy atom. The molecule has 0 atom stereocenters. The molecule has 2 aromatic rings. The van der Waals surface area contributed by atoms with E-state index in [4.69, 9.17) is 0 Å². The number of nitrogens with zero attached hydrogens (tertiary/aromatic N) is 2. The van der Waals surface area contributed by atoms with Crippen LogP contribution < -0.4 is 10.6 Å². The largest absolute Gasteiger partial charge is 0.353 e. The van der Waals surface area contributed by atoms with Gasteiger partial charge in [-0.25, -0.2) is 4.98 Å². The molecule has 0 bridgehead atoms. The zero-order valence-corrected chi connectivity index (χ0v) is 14.5. The van der Waals surface area contributed by atoms with Crippen LogP contribution in [0.15, 0.2) is 30.6 Å². The van der Waals surface area contributed by atoms with Gasteiger partial charge in [0, 0.05) is 19.5 Å². The highest BCUT2D eigenvalue weighted by Gasteiger charge is 2.17. The second-order valence-electron chi connectivity index (χ2n) is 6.76. The molecule has 25 heavy (non-hydrogen) atoms. The fourth-order valence-electron chi connectivity index (χ4n) is 3.47. The van der Waals surface area contributed by atoms with Crippen LogP contribution >= 0.6 is 0 Å². The molecule has 1 aliphatic carbocycles. The Labute approximate surface area is 148 Å². The van der Waals surface area contributed by atoms with Crippen molar-refractivity contribution in [2.45, 2.75) is 45.1 Å². The summed E-state index contributed by atoms with van der Waals surface area (Å²) in [6.45, 7) is 1.22. The van der Waals surface area contributed by atoms with Gasteiger partial charge >= 0.3 is 0 Å². The van der Waals surface area contributed by atoms with Crippen LogP contribution in [0.2, 0.25) is 0 Å². The van der Waals surface area contributed by atoms with Gasteiger partial charge in [-0.3, -0.25) is 9.59 Å². The molecule has 2 amide bonds. The highest BCUT2D eigenvalue weighted by molar-refractivity contribution is 5.84. The maximum atomic E-state index is 11.9. The van der Waals surface area contributed by atoms with Crippen LogP contribution in [0.1, 0.15) is 38.5 Å². The van der Waals surface area contributed by atoms with Gasteiger partial charge < -0.3 is 15.2 Å². The first-order valence-electron chi connectivity index (χ1n) is 9.15. The van der Waals surface area contributed by atoms with Crippen LogP contribution in [0, 0.1) is 5.92 Å². The standard InChI is InChI=1S/C19H26N4O2/c24-18(12-15-6-2-1-3-7-15)21-13-19(25)20-10-11-23-14-22-16-8-4-5-9-17(16)23/h4-5,8-9,14-15H,1-3,6-7,10-13H2,(H,20,25)(H,21,24). The normalized spacial score (nSPS) is 15.2. The number of imidazole rings is 1. The van der Waals surface area contributed by atoms with Gasteiger partial charge in [-0.2, -0.15) is 0 Å². The summed E-state index contributed by atoms with van der Waals surface area (Å²) in [4.78, 5) is 28.1. The quantitative estimate of drug-likeness (QED) is 0.810. The summed E-state index contributed by atoms with van der Waals surface area (Å²) in [5.41, 5.74) is 2.00. The summed E-state index contributed by atoms with van der Waals surface area (Å²) in [7, 11) is 0. The van der Waals surface area contributed by atoms with Crippen LogP contribution in [0.5, 0.6) is 0 Å². The van der Waals surface area contributed by atoms with Crippen molar-refractivity contribution in [2.75, 3.05) is 13.1 Å². The van der Waals surface area contributed by atoms with Crippen LogP contribution in [-0.4, -0.2) is 34.5 Å². The Bertz CT molecular complexity index is 719. The smallest absolute Gasteiger partial charge is 0.239 e. The van der Waals surface area contributed by atoms with Gasteiger partial charge in [0.2, 0.25) is 11.8 Å². The van der Waals surface area contributed by atoms with E-state index in [-0.39, 0.29) is 18.4 Å². The average Bonchev–Trinajstić information content (AvgIpc) is 3.04. The third-order valence-electron chi connectivity index (χ3n) is 4.85. The monoisotopic (exact) mass is 342 g/mol. The molecule has 0 unspecified atom stereocenters. The lowest BCUT2D eigenvalue weighted by Gasteiger charge is -2.20. The van der Waals surface area contributed by atoms with Gasteiger partial charge in [-0.05, 0) is 30.9 Å². The number of hydrogen-bond acceptors (Lipinski definition) is 3. The molecule has 1 aromatic carbocycles. The number of aromatic nitrogens is 2. The van der Waals surface area contributed by atoms with Gasteiger partial charge in [0.25, 0.3) is 0 Å². The minimum absolute atomic E-state index is 0.0114. The van der Waals surface area contributed by atoms with Crippen molar-refractivity contribution in [3.8, 4) is 0 Å². The summed E-state index contributed by atoms with van der Waals surface area (Å²) < 4.78 is 2.01. The molecular weight excluding hydrogens is 316 g/mol.